The normalized spacial score (nSPS) is 10.6. The Bertz CT molecular complexity index is 563. The molecule has 5 heteroatoms. The number of hydrogen-bond acceptors (Lipinski definition) is 2. The van der Waals surface area contributed by atoms with E-state index in [4.69, 9.17) is 23.2 Å². The Hall–Kier alpha value is -1.03. The van der Waals surface area contributed by atoms with Gasteiger partial charge in [0.2, 0.25) is 0 Å². The largest absolute Gasteiger partial charge is 0.334 e. The molecule has 1 aromatic carbocycles. The van der Waals surface area contributed by atoms with Crippen molar-refractivity contribution in [3.8, 4) is 0 Å². The van der Waals surface area contributed by atoms with Crippen LogP contribution >= 0.6 is 34.5 Å². The second-order valence-corrected chi connectivity index (χ2v) is 6.17. The lowest BCUT2D eigenvalue weighted by Crippen LogP contribution is -2.31. The number of halogens is 2. The van der Waals surface area contributed by atoms with Gasteiger partial charge in [-0.15, -0.1) is 0 Å². The summed E-state index contributed by atoms with van der Waals surface area (Å²) in [5, 5.41) is 5.03. The zero-order chi connectivity index (χ0) is 14.5. The summed E-state index contributed by atoms with van der Waals surface area (Å²) in [5.41, 5.74) is 1.68. The molecule has 0 aliphatic heterocycles. The summed E-state index contributed by atoms with van der Waals surface area (Å²) >= 11 is 13.6. The predicted molar refractivity (Wildman–Crippen MR) is 85.8 cm³/mol. The van der Waals surface area contributed by atoms with Crippen LogP contribution in [0, 0.1) is 0 Å². The van der Waals surface area contributed by atoms with E-state index >= 15 is 0 Å². The zero-order valence-corrected chi connectivity index (χ0v) is 13.4. The molecule has 0 saturated carbocycles. The van der Waals surface area contributed by atoms with Crippen molar-refractivity contribution < 1.29 is 4.79 Å². The molecule has 0 aliphatic carbocycles. The molecule has 0 radical (unpaired) electrons. The fourth-order valence-electron chi connectivity index (χ4n) is 1.99. The minimum absolute atomic E-state index is 0.0394. The van der Waals surface area contributed by atoms with Gasteiger partial charge in [-0.3, -0.25) is 4.79 Å². The topological polar surface area (TPSA) is 20.3 Å². The van der Waals surface area contributed by atoms with E-state index in [1.54, 1.807) is 29.5 Å². The number of rotatable bonds is 5. The standard InChI is InChI=1S/C15H15Cl2NOS/c1-2-4-18(9-11-3-5-20-10-11)15(19)12-6-13(16)8-14(17)7-12/h3,5-8,10H,2,4,9H2,1H3. The molecule has 0 unspecified atom stereocenters. The van der Waals surface area contributed by atoms with Crippen LogP contribution in [0.15, 0.2) is 35.0 Å². The van der Waals surface area contributed by atoms with Crippen LogP contribution in [0.2, 0.25) is 10.0 Å². The van der Waals surface area contributed by atoms with Gasteiger partial charge in [-0.05, 0) is 47.0 Å². The molecule has 2 nitrogen and oxygen atoms in total. The van der Waals surface area contributed by atoms with E-state index in [0.717, 1.165) is 12.0 Å². The van der Waals surface area contributed by atoms with Gasteiger partial charge in [0.1, 0.15) is 0 Å². The van der Waals surface area contributed by atoms with Gasteiger partial charge in [-0.25, -0.2) is 0 Å². The fourth-order valence-corrected chi connectivity index (χ4v) is 3.17. The molecule has 1 amide bonds. The van der Waals surface area contributed by atoms with Gasteiger partial charge in [0.05, 0.1) is 0 Å². The molecular weight excluding hydrogens is 313 g/mol. The van der Waals surface area contributed by atoms with Crippen LogP contribution in [0.4, 0.5) is 0 Å². The van der Waals surface area contributed by atoms with E-state index in [1.807, 2.05) is 16.3 Å². The summed E-state index contributed by atoms with van der Waals surface area (Å²) in [4.78, 5) is 14.4. The van der Waals surface area contributed by atoms with E-state index in [1.165, 1.54) is 0 Å². The number of nitrogens with zero attached hydrogens (tertiary/aromatic N) is 1. The van der Waals surface area contributed by atoms with Crippen molar-refractivity contribution in [3.05, 3.63) is 56.2 Å². The highest BCUT2D eigenvalue weighted by atomic mass is 35.5. The maximum absolute atomic E-state index is 12.6. The third-order valence-corrected chi connectivity index (χ3v) is 4.01. The molecule has 0 spiro atoms. The Morgan fingerprint density at radius 3 is 2.50 bits per heavy atom. The number of thiophene rings is 1. The first-order valence-electron chi connectivity index (χ1n) is 6.36. The number of carbonyl (C=O) groups excluding carboxylic acids is 1. The minimum Gasteiger partial charge on any atom is -0.334 e. The highest BCUT2D eigenvalue weighted by Crippen LogP contribution is 2.21. The number of carbonyl (C=O) groups is 1. The molecule has 1 heterocycles. The molecule has 20 heavy (non-hydrogen) atoms. The Kier molecular flexibility index (Phi) is 5.46. The predicted octanol–water partition coefficient (Wildman–Crippen LogP) is 5.11. The van der Waals surface area contributed by atoms with E-state index < -0.39 is 0 Å². The van der Waals surface area contributed by atoms with E-state index in [-0.39, 0.29) is 5.91 Å². The van der Waals surface area contributed by atoms with Crippen LogP contribution < -0.4 is 0 Å². The van der Waals surface area contributed by atoms with Gasteiger partial charge < -0.3 is 4.90 Å². The minimum atomic E-state index is -0.0394. The summed E-state index contributed by atoms with van der Waals surface area (Å²) < 4.78 is 0. The number of benzene rings is 1. The first-order valence-corrected chi connectivity index (χ1v) is 8.06. The maximum Gasteiger partial charge on any atom is 0.254 e. The molecule has 2 rings (SSSR count). The lowest BCUT2D eigenvalue weighted by molar-refractivity contribution is 0.0743. The van der Waals surface area contributed by atoms with Gasteiger partial charge in [-0.2, -0.15) is 11.3 Å². The van der Waals surface area contributed by atoms with Crippen molar-refractivity contribution >= 4 is 40.4 Å². The molecule has 106 valence electrons. The average Bonchev–Trinajstić information content (AvgIpc) is 2.89. The Morgan fingerprint density at radius 1 is 1.25 bits per heavy atom. The Morgan fingerprint density at radius 2 is 1.95 bits per heavy atom. The lowest BCUT2D eigenvalue weighted by atomic mass is 10.1. The van der Waals surface area contributed by atoms with Crippen molar-refractivity contribution in [1.29, 1.82) is 0 Å². The molecule has 0 saturated heterocycles. The monoisotopic (exact) mass is 327 g/mol. The summed E-state index contributed by atoms with van der Waals surface area (Å²) in [6, 6.07) is 6.98. The van der Waals surface area contributed by atoms with Crippen LogP contribution in [0.1, 0.15) is 29.3 Å². The van der Waals surface area contributed by atoms with Crippen molar-refractivity contribution in [3.63, 3.8) is 0 Å². The van der Waals surface area contributed by atoms with Gasteiger partial charge in [0.15, 0.2) is 0 Å². The summed E-state index contributed by atoms with van der Waals surface area (Å²) in [6.45, 7) is 3.37. The molecule has 0 bridgehead atoms. The quantitative estimate of drug-likeness (QED) is 0.747. The Balaban J connectivity index is 2.21. The van der Waals surface area contributed by atoms with Gasteiger partial charge in [0, 0.05) is 28.7 Å². The van der Waals surface area contributed by atoms with Gasteiger partial charge in [0.25, 0.3) is 5.91 Å². The first-order chi connectivity index (χ1) is 9.60. The van der Waals surface area contributed by atoms with Gasteiger partial charge in [-0.1, -0.05) is 30.1 Å². The SMILES string of the molecule is CCCN(Cc1ccsc1)C(=O)c1cc(Cl)cc(Cl)c1. The third-order valence-electron chi connectivity index (χ3n) is 2.84. The Labute approximate surface area is 132 Å². The smallest absolute Gasteiger partial charge is 0.254 e. The molecule has 1 aromatic heterocycles. The third kappa shape index (κ3) is 3.98. The second kappa shape index (κ2) is 7.11. The summed E-state index contributed by atoms with van der Waals surface area (Å²) in [7, 11) is 0. The van der Waals surface area contributed by atoms with Crippen molar-refractivity contribution in [2.75, 3.05) is 6.54 Å². The molecular formula is C15H15Cl2NOS. The molecule has 0 N–H and O–H groups in total. The highest BCUT2D eigenvalue weighted by molar-refractivity contribution is 7.07. The van der Waals surface area contributed by atoms with Crippen LogP contribution in [0.3, 0.4) is 0 Å². The number of hydrogen-bond donors (Lipinski definition) is 0. The van der Waals surface area contributed by atoms with E-state index in [0.29, 0.717) is 28.7 Å². The lowest BCUT2D eigenvalue weighted by Gasteiger charge is -2.22. The average molecular weight is 328 g/mol. The fraction of sp³-hybridized carbons (Fsp3) is 0.267. The van der Waals surface area contributed by atoms with E-state index in [2.05, 4.69) is 12.3 Å². The zero-order valence-electron chi connectivity index (χ0n) is 11.1. The number of amides is 1. The summed E-state index contributed by atoms with van der Waals surface area (Å²) in [6.07, 6.45) is 0.907. The maximum atomic E-state index is 12.6. The van der Waals surface area contributed by atoms with Crippen molar-refractivity contribution in [2.24, 2.45) is 0 Å². The molecule has 0 aliphatic rings. The first kappa shape index (κ1) is 15.4. The molecule has 2 aromatic rings. The highest BCUT2D eigenvalue weighted by Gasteiger charge is 2.16. The van der Waals surface area contributed by atoms with E-state index in [9.17, 15) is 4.79 Å². The molecule has 0 atom stereocenters. The second-order valence-electron chi connectivity index (χ2n) is 4.52. The van der Waals surface area contributed by atoms with Crippen LogP contribution in [-0.2, 0) is 6.54 Å². The van der Waals surface area contributed by atoms with Crippen LogP contribution in [-0.4, -0.2) is 17.4 Å². The molecule has 0 fully saturated rings. The summed E-state index contributed by atoms with van der Waals surface area (Å²) in [5.74, 6) is -0.0394. The van der Waals surface area contributed by atoms with Gasteiger partial charge >= 0.3 is 0 Å². The van der Waals surface area contributed by atoms with Crippen molar-refractivity contribution in [2.45, 2.75) is 19.9 Å². The van der Waals surface area contributed by atoms with Crippen LogP contribution in [0.25, 0.3) is 0 Å². The van der Waals surface area contributed by atoms with Crippen LogP contribution in [0.5, 0.6) is 0 Å². The van der Waals surface area contributed by atoms with Crippen molar-refractivity contribution in [1.82, 2.24) is 4.90 Å².